The summed E-state index contributed by atoms with van der Waals surface area (Å²) in [4.78, 5) is 2.16. The molecule has 0 N–H and O–H groups in total. The number of fused-ring (bicyclic) bond motifs is 1. The van der Waals surface area contributed by atoms with Crippen molar-refractivity contribution >= 4 is 22.4 Å². The number of rotatable bonds is 4. The van der Waals surface area contributed by atoms with Gasteiger partial charge in [-0.2, -0.15) is 0 Å². The Balaban J connectivity index is 2.26. The Labute approximate surface area is 114 Å². The third kappa shape index (κ3) is 2.85. The molecule has 0 spiro atoms. The fraction of sp³-hybridized carbons (Fsp3) is 0.250. The van der Waals surface area contributed by atoms with Gasteiger partial charge in [-0.1, -0.05) is 54.1 Å². The Morgan fingerprint density at radius 1 is 1.17 bits per heavy atom. The average Bonchev–Trinajstić information content (AvgIpc) is 2.43. The smallest absolute Gasteiger partial charge is 0.100 e. The van der Waals surface area contributed by atoms with Crippen LogP contribution in [0, 0.1) is 0 Å². The van der Waals surface area contributed by atoms with E-state index in [-0.39, 0.29) is 0 Å². The molecule has 18 heavy (non-hydrogen) atoms. The summed E-state index contributed by atoms with van der Waals surface area (Å²) in [5, 5.41) is 3.37. The van der Waals surface area contributed by atoms with Crippen molar-refractivity contribution in [2.24, 2.45) is 0 Å². The molecular weight excluding hydrogens is 242 g/mol. The first-order valence-corrected chi connectivity index (χ1v) is 6.67. The zero-order valence-corrected chi connectivity index (χ0v) is 11.6. The first-order chi connectivity index (χ1) is 8.74. The summed E-state index contributed by atoms with van der Waals surface area (Å²) < 4.78 is 0. The number of allylic oxidation sites excluding steroid dienone is 1. The van der Waals surface area contributed by atoms with Gasteiger partial charge in [0.1, 0.15) is 5.16 Å². The third-order valence-corrected chi connectivity index (χ3v) is 3.57. The van der Waals surface area contributed by atoms with Crippen LogP contribution in [-0.2, 0) is 6.54 Å². The Hall–Kier alpha value is -1.47. The van der Waals surface area contributed by atoms with Gasteiger partial charge in [0.2, 0.25) is 0 Å². The van der Waals surface area contributed by atoms with Crippen LogP contribution in [0.2, 0.25) is 0 Å². The summed E-state index contributed by atoms with van der Waals surface area (Å²) >= 11 is 6.19. The first kappa shape index (κ1) is 13.0. The molecule has 0 fully saturated rings. The number of hydrogen-bond donors (Lipinski definition) is 0. The lowest BCUT2D eigenvalue weighted by Crippen LogP contribution is -2.19. The van der Waals surface area contributed by atoms with Gasteiger partial charge in [0, 0.05) is 13.1 Å². The molecule has 0 unspecified atom stereocenters. The standard InChI is InChI=1S/C16H18ClN/c1-3-16(17)18(4-2)12-13-9-10-14-7-5-6-8-15(14)11-13/h3,5-11H,4,12H2,1-2H3. The van der Waals surface area contributed by atoms with Crippen LogP contribution in [0.4, 0.5) is 0 Å². The maximum atomic E-state index is 6.19. The van der Waals surface area contributed by atoms with Crippen molar-refractivity contribution in [3.63, 3.8) is 0 Å². The molecule has 0 aromatic heterocycles. The SMILES string of the molecule is CC=C(Cl)N(CC)Cc1ccc2ccccc2c1. The predicted molar refractivity (Wildman–Crippen MR) is 79.6 cm³/mol. The van der Waals surface area contributed by atoms with Gasteiger partial charge < -0.3 is 4.90 Å². The van der Waals surface area contributed by atoms with Crippen molar-refractivity contribution in [2.45, 2.75) is 20.4 Å². The zero-order chi connectivity index (χ0) is 13.0. The van der Waals surface area contributed by atoms with Crippen LogP contribution in [0.5, 0.6) is 0 Å². The van der Waals surface area contributed by atoms with Crippen molar-refractivity contribution in [3.05, 3.63) is 59.3 Å². The highest BCUT2D eigenvalue weighted by molar-refractivity contribution is 6.29. The number of nitrogens with zero attached hydrogens (tertiary/aromatic N) is 1. The van der Waals surface area contributed by atoms with Gasteiger partial charge in [0.15, 0.2) is 0 Å². The maximum Gasteiger partial charge on any atom is 0.100 e. The Kier molecular flexibility index (Phi) is 4.27. The van der Waals surface area contributed by atoms with Crippen LogP contribution in [0.3, 0.4) is 0 Å². The molecule has 0 saturated carbocycles. The van der Waals surface area contributed by atoms with Gasteiger partial charge in [-0.3, -0.25) is 0 Å². The molecule has 2 rings (SSSR count). The van der Waals surface area contributed by atoms with Gasteiger partial charge >= 0.3 is 0 Å². The number of halogens is 1. The fourth-order valence-corrected chi connectivity index (χ4v) is 2.26. The molecule has 0 aliphatic heterocycles. The molecule has 0 heterocycles. The molecule has 2 aromatic rings. The van der Waals surface area contributed by atoms with Crippen LogP contribution in [-0.4, -0.2) is 11.4 Å². The molecule has 1 nitrogen and oxygen atoms in total. The van der Waals surface area contributed by atoms with E-state index in [1.54, 1.807) is 0 Å². The van der Waals surface area contributed by atoms with Crippen molar-refractivity contribution in [1.29, 1.82) is 0 Å². The molecular formula is C16H18ClN. The molecule has 0 radical (unpaired) electrons. The molecule has 0 atom stereocenters. The molecule has 2 aromatic carbocycles. The summed E-state index contributed by atoms with van der Waals surface area (Å²) in [5.41, 5.74) is 1.29. The minimum Gasteiger partial charge on any atom is -0.359 e. The number of benzene rings is 2. The predicted octanol–water partition coefficient (Wildman–Crippen LogP) is 4.76. The van der Waals surface area contributed by atoms with Gasteiger partial charge in [-0.05, 0) is 36.2 Å². The highest BCUT2D eigenvalue weighted by Gasteiger charge is 2.05. The van der Waals surface area contributed by atoms with Crippen molar-refractivity contribution in [3.8, 4) is 0 Å². The molecule has 94 valence electrons. The second-order valence-corrected chi connectivity index (χ2v) is 4.69. The largest absolute Gasteiger partial charge is 0.359 e. The third-order valence-electron chi connectivity index (χ3n) is 3.11. The Bertz CT molecular complexity index is 560. The average molecular weight is 260 g/mol. The summed E-state index contributed by atoms with van der Waals surface area (Å²) in [6.07, 6.45) is 1.94. The van der Waals surface area contributed by atoms with Gasteiger partial charge in [-0.15, -0.1) is 0 Å². The second-order valence-electron chi connectivity index (χ2n) is 4.31. The molecule has 0 aliphatic rings. The summed E-state index contributed by atoms with van der Waals surface area (Å²) in [6.45, 7) is 5.85. The van der Waals surface area contributed by atoms with Crippen LogP contribution >= 0.6 is 11.6 Å². The summed E-state index contributed by atoms with van der Waals surface area (Å²) in [6, 6.07) is 15.0. The highest BCUT2D eigenvalue weighted by Crippen LogP contribution is 2.19. The lowest BCUT2D eigenvalue weighted by atomic mass is 10.1. The summed E-state index contributed by atoms with van der Waals surface area (Å²) in [7, 11) is 0. The van der Waals surface area contributed by atoms with Crippen LogP contribution in [0.1, 0.15) is 19.4 Å². The zero-order valence-electron chi connectivity index (χ0n) is 10.9. The molecule has 0 saturated heterocycles. The van der Waals surface area contributed by atoms with E-state index in [2.05, 4.69) is 54.3 Å². The van der Waals surface area contributed by atoms with E-state index in [4.69, 9.17) is 11.6 Å². The van der Waals surface area contributed by atoms with E-state index in [0.717, 1.165) is 18.2 Å². The van der Waals surface area contributed by atoms with Crippen molar-refractivity contribution in [1.82, 2.24) is 4.90 Å². The van der Waals surface area contributed by atoms with Crippen molar-refractivity contribution in [2.75, 3.05) is 6.54 Å². The number of hydrogen-bond acceptors (Lipinski definition) is 1. The van der Waals surface area contributed by atoms with Crippen molar-refractivity contribution < 1.29 is 0 Å². The molecule has 2 heteroatoms. The van der Waals surface area contributed by atoms with Gasteiger partial charge in [0.25, 0.3) is 0 Å². The topological polar surface area (TPSA) is 3.24 Å². The van der Waals surface area contributed by atoms with E-state index in [1.807, 2.05) is 13.0 Å². The molecule has 0 amide bonds. The lowest BCUT2D eigenvalue weighted by Gasteiger charge is -2.22. The van der Waals surface area contributed by atoms with E-state index in [1.165, 1.54) is 16.3 Å². The van der Waals surface area contributed by atoms with Crippen LogP contribution in [0.15, 0.2) is 53.7 Å². The molecule has 0 aliphatic carbocycles. The van der Waals surface area contributed by atoms with E-state index in [9.17, 15) is 0 Å². The minimum atomic E-state index is 0.811. The first-order valence-electron chi connectivity index (χ1n) is 6.29. The Morgan fingerprint density at radius 2 is 1.89 bits per heavy atom. The normalized spacial score (nSPS) is 11.8. The quantitative estimate of drug-likeness (QED) is 0.716. The highest BCUT2D eigenvalue weighted by atomic mass is 35.5. The molecule has 0 bridgehead atoms. The van der Waals surface area contributed by atoms with E-state index >= 15 is 0 Å². The fourth-order valence-electron chi connectivity index (χ4n) is 2.08. The van der Waals surface area contributed by atoms with Crippen LogP contribution < -0.4 is 0 Å². The summed E-state index contributed by atoms with van der Waals surface area (Å²) in [5.74, 6) is 0. The minimum absolute atomic E-state index is 0.811. The maximum absolute atomic E-state index is 6.19. The van der Waals surface area contributed by atoms with Gasteiger partial charge in [-0.25, -0.2) is 0 Å². The monoisotopic (exact) mass is 259 g/mol. The Morgan fingerprint density at radius 3 is 2.56 bits per heavy atom. The lowest BCUT2D eigenvalue weighted by molar-refractivity contribution is 0.377. The van der Waals surface area contributed by atoms with E-state index < -0.39 is 0 Å². The van der Waals surface area contributed by atoms with Gasteiger partial charge in [0.05, 0.1) is 0 Å². The van der Waals surface area contributed by atoms with E-state index in [0.29, 0.717) is 0 Å². The second kappa shape index (κ2) is 5.92. The van der Waals surface area contributed by atoms with Crippen LogP contribution in [0.25, 0.3) is 10.8 Å².